The molecule has 0 aliphatic rings. The van der Waals surface area contributed by atoms with E-state index in [0.29, 0.717) is 0 Å². The van der Waals surface area contributed by atoms with Gasteiger partial charge in [-0.2, -0.15) is 13.1 Å². The fourth-order valence-electron chi connectivity index (χ4n) is 0.969. The predicted molar refractivity (Wildman–Crippen MR) is 59.3 cm³/mol. The third-order valence-electron chi connectivity index (χ3n) is 1.57. The Balaban J connectivity index is 2.95. The van der Waals surface area contributed by atoms with Crippen molar-refractivity contribution in [2.24, 2.45) is 0 Å². The Bertz CT molecular complexity index is 447. The molecule has 3 N–H and O–H groups in total. The number of nitrogens with one attached hydrogen (secondary N) is 2. The first-order chi connectivity index (χ1) is 6.96. The molecule has 1 aromatic rings. The van der Waals surface area contributed by atoms with Gasteiger partial charge in [-0.05, 0) is 12.1 Å². The van der Waals surface area contributed by atoms with Gasteiger partial charge in [-0.1, -0.05) is 24.6 Å². The van der Waals surface area contributed by atoms with E-state index in [0.717, 1.165) is 0 Å². The van der Waals surface area contributed by atoms with E-state index in [-0.39, 0.29) is 23.0 Å². The van der Waals surface area contributed by atoms with Crippen LogP contribution in [0.2, 0.25) is 5.02 Å². The number of benzene rings is 1. The number of aromatic hydroxyl groups is 1. The molecule has 0 spiro atoms. The molecule has 0 unspecified atom stereocenters. The minimum Gasteiger partial charge on any atom is -0.504 e. The second-order valence-corrected chi connectivity index (χ2v) is 4.65. The maximum absolute atomic E-state index is 11.3. The van der Waals surface area contributed by atoms with Gasteiger partial charge in [-0.15, -0.1) is 0 Å². The lowest BCUT2D eigenvalue weighted by atomic mass is 10.3. The number of para-hydroxylation sites is 1. The predicted octanol–water partition coefficient (Wildman–Crippen LogP) is 1.31. The van der Waals surface area contributed by atoms with Crippen LogP contribution >= 0.6 is 11.6 Å². The lowest BCUT2D eigenvalue weighted by molar-refractivity contribution is 0.478. The molecule has 7 heteroatoms. The standard InChI is InChI=1S/C8H11ClN2O3S/c1-2-10-15(13,14)11-7-5-3-4-6(9)8(7)12/h3-5,10-12H,2H2,1H3. The van der Waals surface area contributed by atoms with Gasteiger partial charge in [0, 0.05) is 6.54 Å². The van der Waals surface area contributed by atoms with E-state index >= 15 is 0 Å². The lowest BCUT2D eigenvalue weighted by Crippen LogP contribution is -2.29. The van der Waals surface area contributed by atoms with E-state index in [1.54, 1.807) is 6.92 Å². The number of hydrogen-bond acceptors (Lipinski definition) is 3. The molecule has 1 rings (SSSR count). The molecular formula is C8H11ClN2O3S. The van der Waals surface area contributed by atoms with Crippen molar-refractivity contribution in [1.82, 2.24) is 4.72 Å². The molecule has 84 valence electrons. The van der Waals surface area contributed by atoms with Crippen molar-refractivity contribution in [3.8, 4) is 5.75 Å². The molecule has 0 bridgehead atoms. The van der Waals surface area contributed by atoms with Crippen molar-refractivity contribution in [1.29, 1.82) is 0 Å². The van der Waals surface area contributed by atoms with Crippen LogP contribution in [0.15, 0.2) is 18.2 Å². The molecule has 0 saturated heterocycles. The third kappa shape index (κ3) is 3.26. The molecule has 5 nitrogen and oxygen atoms in total. The van der Waals surface area contributed by atoms with Gasteiger partial charge in [-0.25, -0.2) is 0 Å². The van der Waals surface area contributed by atoms with Crippen LogP contribution in [0.5, 0.6) is 5.75 Å². The van der Waals surface area contributed by atoms with Gasteiger partial charge < -0.3 is 5.11 Å². The number of anilines is 1. The first kappa shape index (κ1) is 12.1. The van der Waals surface area contributed by atoms with Gasteiger partial charge in [0.05, 0.1) is 10.7 Å². The van der Waals surface area contributed by atoms with Gasteiger partial charge >= 0.3 is 0 Å². The van der Waals surface area contributed by atoms with Crippen LogP contribution in [-0.2, 0) is 10.2 Å². The van der Waals surface area contributed by atoms with Crippen LogP contribution in [0.4, 0.5) is 5.69 Å². The lowest BCUT2D eigenvalue weighted by Gasteiger charge is -2.09. The quantitative estimate of drug-likeness (QED) is 0.705. The van der Waals surface area contributed by atoms with Gasteiger partial charge in [0.15, 0.2) is 5.75 Å². The minimum absolute atomic E-state index is 0.0449. The zero-order valence-electron chi connectivity index (χ0n) is 7.99. The topological polar surface area (TPSA) is 78.4 Å². The second kappa shape index (κ2) is 4.69. The van der Waals surface area contributed by atoms with E-state index in [9.17, 15) is 13.5 Å². The molecule has 0 aliphatic carbocycles. The molecule has 0 fully saturated rings. The first-order valence-corrected chi connectivity index (χ1v) is 6.07. The molecule has 0 saturated carbocycles. The van der Waals surface area contributed by atoms with Crippen molar-refractivity contribution in [2.45, 2.75) is 6.92 Å². The average molecular weight is 251 g/mol. The summed E-state index contributed by atoms with van der Waals surface area (Å²) < 4.78 is 27.0. The molecule has 15 heavy (non-hydrogen) atoms. The monoisotopic (exact) mass is 250 g/mol. The number of halogens is 1. The van der Waals surface area contributed by atoms with Gasteiger partial charge in [-0.3, -0.25) is 4.72 Å². The minimum atomic E-state index is -3.64. The molecule has 0 heterocycles. The van der Waals surface area contributed by atoms with Crippen LogP contribution in [-0.4, -0.2) is 20.1 Å². The van der Waals surface area contributed by atoms with Gasteiger partial charge in [0.1, 0.15) is 0 Å². The fourth-order valence-corrected chi connectivity index (χ4v) is 2.05. The highest BCUT2D eigenvalue weighted by Gasteiger charge is 2.12. The third-order valence-corrected chi connectivity index (χ3v) is 3.03. The first-order valence-electron chi connectivity index (χ1n) is 4.21. The van der Waals surface area contributed by atoms with E-state index in [2.05, 4.69) is 9.44 Å². The number of phenolic OH excluding ortho intramolecular Hbond substituents is 1. The Hall–Kier alpha value is -0.980. The summed E-state index contributed by atoms with van der Waals surface area (Å²) in [6.07, 6.45) is 0. The van der Waals surface area contributed by atoms with Crippen LogP contribution in [0, 0.1) is 0 Å². The highest BCUT2D eigenvalue weighted by Crippen LogP contribution is 2.31. The summed E-state index contributed by atoms with van der Waals surface area (Å²) in [5, 5.41) is 9.53. The Kier molecular flexibility index (Phi) is 3.78. The van der Waals surface area contributed by atoms with Crippen molar-refractivity contribution in [2.75, 3.05) is 11.3 Å². The number of phenols is 1. The van der Waals surface area contributed by atoms with Gasteiger partial charge in [0.25, 0.3) is 10.2 Å². The summed E-state index contributed by atoms with van der Waals surface area (Å²) in [5.74, 6) is -0.291. The summed E-state index contributed by atoms with van der Waals surface area (Å²) in [7, 11) is -3.64. The Morgan fingerprint density at radius 1 is 1.47 bits per heavy atom. The summed E-state index contributed by atoms with van der Waals surface area (Å²) in [6.45, 7) is 1.91. The largest absolute Gasteiger partial charge is 0.504 e. The molecule has 0 atom stereocenters. The summed E-state index contributed by atoms with van der Waals surface area (Å²) in [4.78, 5) is 0. The Labute approximate surface area is 93.3 Å². The zero-order chi connectivity index (χ0) is 11.5. The van der Waals surface area contributed by atoms with E-state index in [1.807, 2.05) is 0 Å². The Morgan fingerprint density at radius 3 is 2.73 bits per heavy atom. The number of rotatable bonds is 4. The van der Waals surface area contributed by atoms with Crippen LogP contribution in [0.3, 0.4) is 0 Å². The number of hydrogen-bond donors (Lipinski definition) is 3. The van der Waals surface area contributed by atoms with Crippen molar-refractivity contribution in [3.05, 3.63) is 23.2 Å². The highest BCUT2D eigenvalue weighted by molar-refractivity contribution is 7.90. The SMILES string of the molecule is CCNS(=O)(=O)Nc1cccc(Cl)c1O. The Morgan fingerprint density at radius 2 is 2.13 bits per heavy atom. The van der Waals surface area contributed by atoms with Crippen LogP contribution < -0.4 is 9.44 Å². The maximum atomic E-state index is 11.3. The molecule has 1 aromatic carbocycles. The fraction of sp³-hybridized carbons (Fsp3) is 0.250. The zero-order valence-corrected chi connectivity index (χ0v) is 9.56. The average Bonchev–Trinajstić information content (AvgIpc) is 2.12. The summed E-state index contributed by atoms with van der Waals surface area (Å²) >= 11 is 5.61. The van der Waals surface area contributed by atoms with Crippen LogP contribution in [0.25, 0.3) is 0 Å². The van der Waals surface area contributed by atoms with Crippen molar-refractivity contribution in [3.63, 3.8) is 0 Å². The maximum Gasteiger partial charge on any atom is 0.299 e. The molecule has 0 aliphatic heterocycles. The second-order valence-electron chi connectivity index (χ2n) is 2.74. The van der Waals surface area contributed by atoms with Crippen molar-refractivity contribution >= 4 is 27.5 Å². The molecular weight excluding hydrogens is 240 g/mol. The van der Waals surface area contributed by atoms with E-state index in [1.165, 1.54) is 18.2 Å². The highest BCUT2D eigenvalue weighted by atomic mass is 35.5. The van der Waals surface area contributed by atoms with E-state index < -0.39 is 10.2 Å². The molecule has 0 radical (unpaired) electrons. The molecule has 0 aromatic heterocycles. The van der Waals surface area contributed by atoms with Gasteiger partial charge in [0.2, 0.25) is 0 Å². The smallest absolute Gasteiger partial charge is 0.299 e. The summed E-state index contributed by atoms with van der Waals surface area (Å²) in [5.41, 5.74) is 0.0449. The van der Waals surface area contributed by atoms with E-state index in [4.69, 9.17) is 11.6 Å². The normalized spacial score (nSPS) is 11.3. The molecule has 0 amide bonds. The van der Waals surface area contributed by atoms with Crippen molar-refractivity contribution < 1.29 is 13.5 Å². The van der Waals surface area contributed by atoms with Crippen LogP contribution in [0.1, 0.15) is 6.92 Å². The summed E-state index contributed by atoms with van der Waals surface area (Å²) in [6, 6.07) is 4.41.